The second-order valence-electron chi connectivity index (χ2n) is 6.03. The number of carbonyl (C=O) groups is 1. The van der Waals surface area contributed by atoms with E-state index < -0.39 is 0 Å². The second kappa shape index (κ2) is 7.18. The van der Waals surface area contributed by atoms with Gasteiger partial charge in [-0.05, 0) is 38.0 Å². The first kappa shape index (κ1) is 16.7. The van der Waals surface area contributed by atoms with Gasteiger partial charge in [0.1, 0.15) is 11.5 Å². The molecule has 1 N–H and O–H groups in total. The molecule has 6 heteroatoms. The zero-order valence-corrected chi connectivity index (χ0v) is 14.6. The van der Waals surface area contributed by atoms with Gasteiger partial charge in [0, 0.05) is 23.2 Å². The molecule has 0 fully saturated rings. The molecule has 0 bridgehead atoms. The smallest absolute Gasteiger partial charge is 0.317 e. The number of urea groups is 1. The molecule has 1 atom stereocenters. The van der Waals surface area contributed by atoms with Gasteiger partial charge in [-0.1, -0.05) is 17.7 Å². The van der Waals surface area contributed by atoms with Gasteiger partial charge in [0.2, 0.25) is 0 Å². The molecule has 2 amide bonds. The van der Waals surface area contributed by atoms with E-state index >= 15 is 0 Å². The third-order valence-electron chi connectivity index (χ3n) is 4.26. The van der Waals surface area contributed by atoms with Crippen LogP contribution in [0.1, 0.15) is 35.8 Å². The normalized spacial score (nSPS) is 16.7. The van der Waals surface area contributed by atoms with Crippen molar-refractivity contribution < 1.29 is 13.9 Å². The molecule has 1 aromatic carbocycles. The lowest BCUT2D eigenvalue weighted by Gasteiger charge is -2.23. The number of rotatable bonds is 3. The summed E-state index contributed by atoms with van der Waals surface area (Å²) < 4.78 is 11.0. The van der Waals surface area contributed by atoms with Crippen LogP contribution >= 0.6 is 11.6 Å². The number of furan rings is 1. The zero-order chi connectivity index (χ0) is 17.1. The first-order chi connectivity index (χ1) is 11.5. The molecule has 24 heavy (non-hydrogen) atoms. The first-order valence-corrected chi connectivity index (χ1v) is 8.39. The van der Waals surface area contributed by atoms with E-state index in [2.05, 4.69) is 5.32 Å². The van der Waals surface area contributed by atoms with Gasteiger partial charge >= 0.3 is 6.03 Å². The molecule has 1 unspecified atom stereocenters. The summed E-state index contributed by atoms with van der Waals surface area (Å²) in [6, 6.07) is 7.24. The molecule has 3 rings (SSSR count). The van der Waals surface area contributed by atoms with Gasteiger partial charge in [0.05, 0.1) is 25.5 Å². The second-order valence-corrected chi connectivity index (χ2v) is 6.47. The number of ether oxygens (including phenoxy) is 1. The fourth-order valence-electron chi connectivity index (χ4n) is 2.86. The van der Waals surface area contributed by atoms with Crippen molar-refractivity contribution in [3.05, 3.63) is 52.4 Å². The van der Waals surface area contributed by atoms with E-state index in [9.17, 15) is 4.79 Å². The van der Waals surface area contributed by atoms with Crippen molar-refractivity contribution in [1.29, 1.82) is 0 Å². The minimum Gasteiger partial charge on any atom is -0.493 e. The maximum atomic E-state index is 12.6. The van der Waals surface area contributed by atoms with E-state index in [0.29, 0.717) is 18.2 Å². The molecule has 2 aromatic rings. The van der Waals surface area contributed by atoms with Gasteiger partial charge in [-0.3, -0.25) is 0 Å². The molecule has 0 saturated carbocycles. The summed E-state index contributed by atoms with van der Waals surface area (Å²) in [5.41, 5.74) is 1.97. The molecule has 0 aliphatic carbocycles. The molecule has 0 radical (unpaired) electrons. The number of fused-ring (bicyclic) bond motifs is 1. The highest BCUT2D eigenvalue weighted by molar-refractivity contribution is 6.30. The number of carbonyl (C=O) groups excluding carboxylic acids is 1. The maximum Gasteiger partial charge on any atom is 0.317 e. The lowest BCUT2D eigenvalue weighted by atomic mass is 10.0. The summed E-state index contributed by atoms with van der Waals surface area (Å²) >= 11 is 6.04. The van der Waals surface area contributed by atoms with Gasteiger partial charge in [-0.25, -0.2) is 4.79 Å². The minimum absolute atomic E-state index is 0.0832. The number of amides is 2. The molecule has 128 valence electrons. The Balaban J connectivity index is 1.71. The summed E-state index contributed by atoms with van der Waals surface area (Å²) in [4.78, 5) is 14.2. The summed E-state index contributed by atoms with van der Waals surface area (Å²) in [7, 11) is 1.78. The Kier molecular flexibility index (Phi) is 5.00. The van der Waals surface area contributed by atoms with Crippen LogP contribution in [0.5, 0.6) is 5.75 Å². The number of nitrogens with zero attached hydrogens (tertiary/aromatic N) is 1. The minimum atomic E-state index is -0.122. The van der Waals surface area contributed by atoms with Crippen molar-refractivity contribution in [1.82, 2.24) is 10.2 Å². The van der Waals surface area contributed by atoms with E-state index in [4.69, 9.17) is 20.8 Å². The van der Waals surface area contributed by atoms with Crippen LogP contribution in [-0.2, 0) is 6.54 Å². The van der Waals surface area contributed by atoms with E-state index in [1.165, 1.54) is 0 Å². The average Bonchev–Trinajstić information content (AvgIpc) is 2.84. The zero-order valence-electron chi connectivity index (χ0n) is 13.8. The fourth-order valence-corrected chi connectivity index (χ4v) is 3.02. The quantitative estimate of drug-likeness (QED) is 0.899. The van der Waals surface area contributed by atoms with E-state index in [0.717, 1.165) is 35.5 Å². The van der Waals surface area contributed by atoms with Gasteiger partial charge in [-0.2, -0.15) is 0 Å². The van der Waals surface area contributed by atoms with Crippen LogP contribution < -0.4 is 10.1 Å². The number of halogens is 1. The van der Waals surface area contributed by atoms with E-state index in [1.807, 2.05) is 25.1 Å². The number of hydrogen-bond acceptors (Lipinski definition) is 3. The third kappa shape index (κ3) is 3.67. The summed E-state index contributed by atoms with van der Waals surface area (Å²) in [5.74, 6) is 1.58. The molecule has 1 aliphatic heterocycles. The molecule has 5 nitrogen and oxygen atoms in total. The van der Waals surface area contributed by atoms with Crippen LogP contribution in [0.15, 0.2) is 34.9 Å². The number of aryl methyl sites for hydroxylation is 1. The summed E-state index contributed by atoms with van der Waals surface area (Å²) in [6.45, 7) is 3.03. The summed E-state index contributed by atoms with van der Waals surface area (Å²) in [5, 5.41) is 3.73. The topological polar surface area (TPSA) is 54.7 Å². The van der Waals surface area contributed by atoms with Crippen LogP contribution in [0.2, 0.25) is 5.02 Å². The predicted molar refractivity (Wildman–Crippen MR) is 92.4 cm³/mol. The van der Waals surface area contributed by atoms with Gasteiger partial charge in [0.25, 0.3) is 0 Å². The fraction of sp³-hybridized carbons (Fsp3) is 0.389. The molecular formula is C18H21ClN2O3. The Hall–Kier alpha value is -2.14. The van der Waals surface area contributed by atoms with Crippen LogP contribution in [-0.4, -0.2) is 24.6 Å². The first-order valence-electron chi connectivity index (χ1n) is 8.01. The molecule has 2 heterocycles. The van der Waals surface area contributed by atoms with Crippen molar-refractivity contribution in [3.8, 4) is 5.75 Å². The molecule has 1 aliphatic rings. The van der Waals surface area contributed by atoms with Crippen LogP contribution in [0.3, 0.4) is 0 Å². The Labute approximate surface area is 146 Å². The maximum absolute atomic E-state index is 12.6. The SMILES string of the molecule is Cc1occc1CN(C)C(=O)NC1CCCOc2cc(Cl)ccc21. The average molecular weight is 349 g/mol. The predicted octanol–water partition coefficient (Wildman–Crippen LogP) is 4.30. The Morgan fingerprint density at radius 3 is 3.00 bits per heavy atom. The molecule has 1 aromatic heterocycles. The lowest BCUT2D eigenvalue weighted by molar-refractivity contribution is 0.201. The number of nitrogens with one attached hydrogen (secondary N) is 1. The Bertz CT molecular complexity index is 729. The van der Waals surface area contributed by atoms with Crippen molar-refractivity contribution in [2.75, 3.05) is 13.7 Å². The van der Waals surface area contributed by atoms with E-state index in [1.54, 1.807) is 24.3 Å². The van der Waals surface area contributed by atoms with Gasteiger partial charge in [0.15, 0.2) is 0 Å². The van der Waals surface area contributed by atoms with E-state index in [-0.39, 0.29) is 12.1 Å². The van der Waals surface area contributed by atoms with Gasteiger partial charge in [-0.15, -0.1) is 0 Å². The van der Waals surface area contributed by atoms with Crippen molar-refractivity contribution >= 4 is 17.6 Å². The van der Waals surface area contributed by atoms with Crippen molar-refractivity contribution in [3.63, 3.8) is 0 Å². The van der Waals surface area contributed by atoms with Gasteiger partial charge < -0.3 is 19.4 Å². The van der Waals surface area contributed by atoms with Crippen LogP contribution in [0.4, 0.5) is 4.79 Å². The lowest BCUT2D eigenvalue weighted by Crippen LogP contribution is -2.39. The Morgan fingerprint density at radius 1 is 1.42 bits per heavy atom. The largest absolute Gasteiger partial charge is 0.493 e. The highest BCUT2D eigenvalue weighted by Crippen LogP contribution is 2.33. The highest BCUT2D eigenvalue weighted by atomic mass is 35.5. The number of benzene rings is 1. The monoisotopic (exact) mass is 348 g/mol. The highest BCUT2D eigenvalue weighted by Gasteiger charge is 2.23. The summed E-state index contributed by atoms with van der Waals surface area (Å²) in [6.07, 6.45) is 3.35. The van der Waals surface area contributed by atoms with Crippen LogP contribution in [0.25, 0.3) is 0 Å². The van der Waals surface area contributed by atoms with Crippen molar-refractivity contribution in [2.24, 2.45) is 0 Å². The third-order valence-corrected chi connectivity index (χ3v) is 4.50. The molecule has 0 saturated heterocycles. The Morgan fingerprint density at radius 2 is 2.25 bits per heavy atom. The van der Waals surface area contributed by atoms with Crippen molar-refractivity contribution in [2.45, 2.75) is 32.4 Å². The molecule has 0 spiro atoms. The molecular weight excluding hydrogens is 328 g/mol. The number of hydrogen-bond donors (Lipinski definition) is 1. The van der Waals surface area contributed by atoms with Crippen LogP contribution in [0, 0.1) is 6.92 Å². The standard InChI is InChI=1S/C18H21ClN2O3/c1-12-13(7-9-23-12)11-21(2)18(22)20-16-4-3-8-24-17-10-14(19)5-6-15(16)17/h5-7,9-10,16H,3-4,8,11H2,1-2H3,(H,20,22).